The Morgan fingerprint density at radius 2 is 2.10 bits per heavy atom. The van der Waals surface area contributed by atoms with Crippen molar-refractivity contribution < 1.29 is 19.7 Å². The van der Waals surface area contributed by atoms with E-state index in [1.165, 1.54) is 12.1 Å². The van der Waals surface area contributed by atoms with E-state index in [4.69, 9.17) is 9.84 Å². The zero-order valence-electron chi connectivity index (χ0n) is 12.3. The smallest absolute Gasteiger partial charge is 0.335 e. The van der Waals surface area contributed by atoms with Crippen LogP contribution in [-0.2, 0) is 0 Å². The van der Waals surface area contributed by atoms with Gasteiger partial charge in [0.15, 0.2) is 0 Å². The van der Waals surface area contributed by atoms with Gasteiger partial charge in [-0.25, -0.2) is 4.79 Å². The van der Waals surface area contributed by atoms with E-state index in [0.29, 0.717) is 25.4 Å². The van der Waals surface area contributed by atoms with Crippen LogP contribution in [0.25, 0.3) is 0 Å². The number of likely N-dealkylation sites (N-methyl/N-ethyl adjacent to an activating group) is 1. The van der Waals surface area contributed by atoms with Gasteiger partial charge in [-0.1, -0.05) is 13.0 Å². The molecule has 0 aliphatic rings. The van der Waals surface area contributed by atoms with Gasteiger partial charge in [0.05, 0.1) is 11.2 Å². The van der Waals surface area contributed by atoms with E-state index in [-0.39, 0.29) is 5.56 Å². The number of carboxylic acid groups (broad SMARTS) is 1. The first-order chi connectivity index (χ1) is 9.31. The lowest BCUT2D eigenvalue weighted by Gasteiger charge is -2.27. The monoisotopic (exact) mass is 281 g/mol. The van der Waals surface area contributed by atoms with Gasteiger partial charge in [0, 0.05) is 13.1 Å². The normalized spacial score (nSPS) is 11.7. The van der Waals surface area contributed by atoms with Crippen molar-refractivity contribution in [3.63, 3.8) is 0 Å². The van der Waals surface area contributed by atoms with Crippen LogP contribution in [0.15, 0.2) is 24.3 Å². The SMILES string of the molecule is CCN(CCOc1cccc(C(=O)O)c1)CC(C)(C)O. The molecule has 0 spiro atoms. The largest absolute Gasteiger partial charge is 0.492 e. The van der Waals surface area contributed by atoms with Gasteiger partial charge in [-0.2, -0.15) is 0 Å². The Labute approximate surface area is 119 Å². The second-order valence-electron chi connectivity index (χ2n) is 5.36. The van der Waals surface area contributed by atoms with Crippen LogP contribution in [0.2, 0.25) is 0 Å². The van der Waals surface area contributed by atoms with Gasteiger partial charge in [0.25, 0.3) is 0 Å². The summed E-state index contributed by atoms with van der Waals surface area (Å²) in [5.41, 5.74) is -0.523. The first-order valence-corrected chi connectivity index (χ1v) is 6.72. The van der Waals surface area contributed by atoms with Gasteiger partial charge in [-0.15, -0.1) is 0 Å². The van der Waals surface area contributed by atoms with E-state index in [2.05, 4.69) is 4.90 Å². The summed E-state index contributed by atoms with van der Waals surface area (Å²) in [5, 5.41) is 18.7. The minimum atomic E-state index is -0.965. The molecule has 0 saturated heterocycles. The average molecular weight is 281 g/mol. The fraction of sp³-hybridized carbons (Fsp3) is 0.533. The van der Waals surface area contributed by atoms with Gasteiger partial charge >= 0.3 is 5.97 Å². The molecule has 0 aromatic heterocycles. The predicted octanol–water partition coefficient (Wildman–Crippen LogP) is 1.86. The summed E-state index contributed by atoms with van der Waals surface area (Å²) in [6, 6.07) is 6.43. The van der Waals surface area contributed by atoms with Gasteiger partial charge in [-0.3, -0.25) is 4.90 Å². The van der Waals surface area contributed by atoms with Crippen molar-refractivity contribution in [2.75, 3.05) is 26.2 Å². The maximum Gasteiger partial charge on any atom is 0.335 e. The maximum atomic E-state index is 10.8. The molecule has 0 amide bonds. The zero-order valence-corrected chi connectivity index (χ0v) is 12.3. The molecule has 0 bridgehead atoms. The number of hydrogen-bond donors (Lipinski definition) is 2. The van der Waals surface area contributed by atoms with Gasteiger partial charge in [-0.05, 0) is 38.6 Å². The lowest BCUT2D eigenvalue weighted by molar-refractivity contribution is 0.0339. The second-order valence-corrected chi connectivity index (χ2v) is 5.36. The molecule has 1 aromatic rings. The number of carbonyl (C=O) groups is 1. The third-order valence-electron chi connectivity index (χ3n) is 2.81. The van der Waals surface area contributed by atoms with Crippen LogP contribution in [0.3, 0.4) is 0 Å². The highest BCUT2D eigenvalue weighted by Crippen LogP contribution is 2.13. The Morgan fingerprint density at radius 1 is 1.40 bits per heavy atom. The zero-order chi connectivity index (χ0) is 15.2. The molecule has 5 nitrogen and oxygen atoms in total. The van der Waals surface area contributed by atoms with Crippen LogP contribution in [0.1, 0.15) is 31.1 Å². The second kappa shape index (κ2) is 7.26. The highest BCUT2D eigenvalue weighted by Gasteiger charge is 2.16. The molecule has 0 radical (unpaired) electrons. The van der Waals surface area contributed by atoms with E-state index in [1.54, 1.807) is 26.0 Å². The van der Waals surface area contributed by atoms with Crippen molar-refractivity contribution in [3.05, 3.63) is 29.8 Å². The number of aliphatic hydroxyl groups is 1. The highest BCUT2D eigenvalue weighted by molar-refractivity contribution is 5.87. The third-order valence-corrected chi connectivity index (χ3v) is 2.81. The van der Waals surface area contributed by atoms with E-state index < -0.39 is 11.6 Å². The minimum Gasteiger partial charge on any atom is -0.492 e. The molecular weight excluding hydrogens is 258 g/mol. The van der Waals surface area contributed by atoms with Crippen LogP contribution in [0.4, 0.5) is 0 Å². The van der Waals surface area contributed by atoms with Crippen molar-refractivity contribution in [3.8, 4) is 5.75 Å². The number of benzene rings is 1. The molecular formula is C15H23NO4. The molecule has 112 valence electrons. The molecule has 5 heteroatoms. The Hall–Kier alpha value is -1.59. The number of hydrogen-bond acceptors (Lipinski definition) is 4. The molecule has 0 saturated carbocycles. The molecule has 0 heterocycles. The Morgan fingerprint density at radius 3 is 2.65 bits per heavy atom. The molecule has 2 N–H and O–H groups in total. The van der Waals surface area contributed by atoms with Crippen molar-refractivity contribution in [1.29, 1.82) is 0 Å². The first-order valence-electron chi connectivity index (χ1n) is 6.72. The third kappa shape index (κ3) is 6.04. The molecule has 0 unspecified atom stereocenters. The van der Waals surface area contributed by atoms with E-state index in [9.17, 15) is 9.90 Å². The average Bonchev–Trinajstić information content (AvgIpc) is 2.36. The number of rotatable bonds is 8. The van der Waals surface area contributed by atoms with Crippen LogP contribution in [0, 0.1) is 0 Å². The van der Waals surface area contributed by atoms with Gasteiger partial charge < -0.3 is 14.9 Å². The maximum absolute atomic E-state index is 10.8. The molecule has 20 heavy (non-hydrogen) atoms. The molecule has 1 rings (SSSR count). The van der Waals surface area contributed by atoms with Crippen LogP contribution < -0.4 is 4.74 Å². The van der Waals surface area contributed by atoms with Crippen molar-refractivity contribution in [2.24, 2.45) is 0 Å². The summed E-state index contributed by atoms with van der Waals surface area (Å²) < 4.78 is 5.56. The molecule has 0 atom stereocenters. The fourth-order valence-corrected chi connectivity index (χ4v) is 1.91. The standard InChI is InChI=1S/C15H23NO4/c1-4-16(11-15(2,3)19)8-9-20-13-7-5-6-12(10-13)14(17)18/h5-7,10,19H,4,8-9,11H2,1-3H3,(H,17,18). The van der Waals surface area contributed by atoms with Crippen molar-refractivity contribution in [2.45, 2.75) is 26.4 Å². The van der Waals surface area contributed by atoms with Crippen molar-refractivity contribution >= 4 is 5.97 Å². The summed E-state index contributed by atoms with van der Waals surface area (Å²) in [4.78, 5) is 12.9. The predicted molar refractivity (Wildman–Crippen MR) is 77.3 cm³/mol. The van der Waals surface area contributed by atoms with Crippen LogP contribution >= 0.6 is 0 Å². The van der Waals surface area contributed by atoms with Crippen LogP contribution in [-0.4, -0.2) is 52.9 Å². The van der Waals surface area contributed by atoms with Gasteiger partial charge in [0.1, 0.15) is 12.4 Å². The van der Waals surface area contributed by atoms with Gasteiger partial charge in [0.2, 0.25) is 0 Å². The highest BCUT2D eigenvalue weighted by atomic mass is 16.5. The fourth-order valence-electron chi connectivity index (χ4n) is 1.91. The summed E-state index contributed by atoms with van der Waals surface area (Å²) in [6.45, 7) is 8.09. The number of carboxylic acids is 1. The van der Waals surface area contributed by atoms with E-state index in [1.807, 2.05) is 6.92 Å². The topological polar surface area (TPSA) is 70.0 Å². The summed E-state index contributed by atoms with van der Waals surface area (Å²) in [7, 11) is 0. The van der Waals surface area contributed by atoms with E-state index in [0.717, 1.165) is 6.54 Å². The molecule has 0 aliphatic carbocycles. The Bertz CT molecular complexity index is 440. The molecule has 1 aromatic carbocycles. The number of nitrogens with zero attached hydrogens (tertiary/aromatic N) is 1. The number of ether oxygens (including phenoxy) is 1. The van der Waals surface area contributed by atoms with Crippen molar-refractivity contribution in [1.82, 2.24) is 4.90 Å². The molecule has 0 aliphatic heterocycles. The van der Waals surface area contributed by atoms with E-state index >= 15 is 0 Å². The summed E-state index contributed by atoms with van der Waals surface area (Å²) in [6.07, 6.45) is 0. The number of aromatic carboxylic acids is 1. The lowest BCUT2D eigenvalue weighted by atomic mass is 10.1. The molecule has 0 fully saturated rings. The first kappa shape index (κ1) is 16.5. The quantitative estimate of drug-likeness (QED) is 0.761. The minimum absolute atomic E-state index is 0.214. The Kier molecular flexibility index (Phi) is 5.98. The lowest BCUT2D eigenvalue weighted by Crippen LogP contribution is -2.40. The Balaban J connectivity index is 2.47. The van der Waals surface area contributed by atoms with Crippen LogP contribution in [0.5, 0.6) is 5.75 Å². The summed E-state index contributed by atoms with van der Waals surface area (Å²) in [5.74, 6) is -0.420. The summed E-state index contributed by atoms with van der Waals surface area (Å²) >= 11 is 0.